The second-order valence-electron chi connectivity index (χ2n) is 6.89. The number of hydrogen-bond donors (Lipinski definition) is 0. The number of rotatable bonds is 7. The van der Waals surface area contributed by atoms with Gasteiger partial charge in [-0.05, 0) is 40.5 Å². The summed E-state index contributed by atoms with van der Waals surface area (Å²) in [6.07, 6.45) is 6.50. The quantitative estimate of drug-likeness (QED) is 0.445. The normalized spacial score (nSPS) is 11.5. The van der Waals surface area contributed by atoms with Gasteiger partial charge in [0.2, 0.25) is 10.0 Å². The molecule has 5 nitrogen and oxygen atoms in total. The monoisotopic (exact) mass is 415 g/mol. The third kappa shape index (κ3) is 4.62. The number of benzene rings is 2. The molecule has 6 heteroatoms. The number of nitrogens with zero attached hydrogens (tertiary/aromatic N) is 3. The first-order valence-electron chi connectivity index (χ1n) is 9.56. The summed E-state index contributed by atoms with van der Waals surface area (Å²) in [5, 5.41) is 0. The lowest BCUT2D eigenvalue weighted by Gasteiger charge is -2.22. The van der Waals surface area contributed by atoms with Gasteiger partial charge in [-0.1, -0.05) is 60.7 Å². The fraction of sp³-hybridized carbons (Fsp3) is 0.0833. The van der Waals surface area contributed by atoms with Crippen LogP contribution in [0.5, 0.6) is 0 Å². The molecule has 150 valence electrons. The summed E-state index contributed by atoms with van der Waals surface area (Å²) in [6, 6.07) is 24.6. The Morgan fingerprint density at radius 3 is 1.87 bits per heavy atom. The van der Waals surface area contributed by atoms with Crippen molar-refractivity contribution in [2.75, 3.05) is 0 Å². The molecule has 2 aromatic heterocycles. The van der Waals surface area contributed by atoms with Crippen molar-refractivity contribution in [3.05, 3.63) is 115 Å². The highest BCUT2D eigenvalue weighted by atomic mass is 32.2. The SMILES string of the molecule is O=S(=O)(c1cccnc1)N(Cc1ccccc1)Cc1ccc(-c2cccnc2)cc1. The maximum absolute atomic E-state index is 13.3. The smallest absolute Gasteiger partial charge is 0.245 e. The standard InChI is InChI=1S/C24H21N3O2S/c28-30(29,24-9-5-15-26-17-24)27(18-20-6-2-1-3-7-20)19-21-10-12-22(13-11-21)23-8-4-14-25-16-23/h1-17H,18-19H2. The lowest BCUT2D eigenvalue weighted by molar-refractivity contribution is 0.401. The highest BCUT2D eigenvalue weighted by Gasteiger charge is 2.25. The molecular weight excluding hydrogens is 394 g/mol. The molecule has 2 heterocycles. The summed E-state index contributed by atoms with van der Waals surface area (Å²) in [7, 11) is -3.70. The first kappa shape index (κ1) is 19.9. The molecule has 0 unspecified atom stereocenters. The molecule has 0 radical (unpaired) electrons. The van der Waals surface area contributed by atoms with Gasteiger partial charge < -0.3 is 0 Å². The zero-order chi connectivity index (χ0) is 20.8. The van der Waals surface area contributed by atoms with E-state index >= 15 is 0 Å². The molecule has 0 N–H and O–H groups in total. The summed E-state index contributed by atoms with van der Waals surface area (Å²) in [6.45, 7) is 0.544. The second kappa shape index (κ2) is 8.98. The minimum atomic E-state index is -3.70. The zero-order valence-electron chi connectivity index (χ0n) is 16.3. The highest BCUT2D eigenvalue weighted by Crippen LogP contribution is 2.23. The number of sulfonamides is 1. The Balaban J connectivity index is 1.63. The van der Waals surface area contributed by atoms with E-state index in [-0.39, 0.29) is 18.0 Å². The fourth-order valence-electron chi connectivity index (χ4n) is 3.20. The van der Waals surface area contributed by atoms with Gasteiger partial charge in [0.1, 0.15) is 4.90 Å². The summed E-state index contributed by atoms with van der Waals surface area (Å²) in [4.78, 5) is 8.32. The predicted octanol–water partition coefficient (Wildman–Crippen LogP) is 4.53. The Kier molecular flexibility index (Phi) is 5.97. The van der Waals surface area contributed by atoms with Crippen molar-refractivity contribution in [1.82, 2.24) is 14.3 Å². The number of aromatic nitrogens is 2. The molecule has 0 saturated carbocycles. The second-order valence-corrected chi connectivity index (χ2v) is 8.82. The van der Waals surface area contributed by atoms with Crippen LogP contribution in [0.15, 0.2) is 109 Å². The van der Waals surface area contributed by atoms with E-state index in [4.69, 9.17) is 0 Å². The van der Waals surface area contributed by atoms with E-state index in [1.165, 1.54) is 10.5 Å². The molecule has 0 fully saturated rings. The van der Waals surface area contributed by atoms with Crippen LogP contribution < -0.4 is 0 Å². The van der Waals surface area contributed by atoms with E-state index in [9.17, 15) is 8.42 Å². The first-order valence-corrected chi connectivity index (χ1v) is 11.0. The summed E-state index contributed by atoms with van der Waals surface area (Å²) in [5.41, 5.74) is 3.90. The van der Waals surface area contributed by atoms with Gasteiger partial charge in [-0.3, -0.25) is 9.97 Å². The Bertz CT molecular complexity index is 1180. The van der Waals surface area contributed by atoms with Crippen molar-refractivity contribution in [2.45, 2.75) is 18.0 Å². The molecule has 0 spiro atoms. The van der Waals surface area contributed by atoms with Gasteiger partial charge in [-0.15, -0.1) is 0 Å². The van der Waals surface area contributed by atoms with E-state index in [0.717, 1.165) is 22.3 Å². The van der Waals surface area contributed by atoms with Gasteiger partial charge in [-0.25, -0.2) is 8.42 Å². The summed E-state index contributed by atoms with van der Waals surface area (Å²) in [5.74, 6) is 0. The average molecular weight is 416 g/mol. The third-order valence-electron chi connectivity index (χ3n) is 4.78. The topological polar surface area (TPSA) is 63.2 Å². The highest BCUT2D eigenvalue weighted by molar-refractivity contribution is 7.89. The molecule has 0 bridgehead atoms. The fourth-order valence-corrected chi connectivity index (χ4v) is 4.58. The van der Waals surface area contributed by atoms with Crippen LogP contribution in [0.3, 0.4) is 0 Å². The average Bonchev–Trinajstić information content (AvgIpc) is 2.81. The van der Waals surface area contributed by atoms with Crippen LogP contribution in [0.25, 0.3) is 11.1 Å². The van der Waals surface area contributed by atoms with Gasteiger partial charge in [0, 0.05) is 37.9 Å². The van der Waals surface area contributed by atoms with Gasteiger partial charge in [0.05, 0.1) is 0 Å². The Morgan fingerprint density at radius 1 is 0.633 bits per heavy atom. The molecule has 0 atom stereocenters. The van der Waals surface area contributed by atoms with Gasteiger partial charge in [0.25, 0.3) is 0 Å². The summed E-state index contributed by atoms with van der Waals surface area (Å²) < 4.78 is 28.1. The van der Waals surface area contributed by atoms with Gasteiger partial charge >= 0.3 is 0 Å². The molecular formula is C24H21N3O2S. The molecule has 0 amide bonds. The maximum Gasteiger partial charge on any atom is 0.245 e. The van der Waals surface area contributed by atoms with E-state index in [0.29, 0.717) is 0 Å². The molecule has 0 saturated heterocycles. The van der Waals surface area contributed by atoms with Crippen LogP contribution in [0.4, 0.5) is 0 Å². The van der Waals surface area contributed by atoms with Crippen molar-refractivity contribution in [3.8, 4) is 11.1 Å². The van der Waals surface area contributed by atoms with Crippen molar-refractivity contribution in [1.29, 1.82) is 0 Å². The van der Waals surface area contributed by atoms with Crippen LogP contribution in [-0.2, 0) is 23.1 Å². The Morgan fingerprint density at radius 2 is 1.27 bits per heavy atom. The maximum atomic E-state index is 13.3. The number of pyridine rings is 2. The van der Waals surface area contributed by atoms with E-state index in [1.54, 1.807) is 24.5 Å². The predicted molar refractivity (Wildman–Crippen MR) is 117 cm³/mol. The van der Waals surface area contributed by atoms with Crippen LogP contribution in [0.2, 0.25) is 0 Å². The zero-order valence-corrected chi connectivity index (χ0v) is 17.1. The van der Waals surface area contributed by atoms with Gasteiger partial charge in [0.15, 0.2) is 0 Å². The van der Waals surface area contributed by atoms with Crippen molar-refractivity contribution < 1.29 is 8.42 Å². The van der Waals surface area contributed by atoms with Crippen LogP contribution in [-0.4, -0.2) is 22.7 Å². The van der Waals surface area contributed by atoms with E-state index in [1.807, 2.05) is 72.9 Å². The Hall–Kier alpha value is -3.35. The molecule has 0 aliphatic carbocycles. The van der Waals surface area contributed by atoms with Crippen LogP contribution in [0, 0.1) is 0 Å². The van der Waals surface area contributed by atoms with Crippen LogP contribution in [0.1, 0.15) is 11.1 Å². The molecule has 0 aliphatic rings. The minimum Gasteiger partial charge on any atom is -0.264 e. The molecule has 4 aromatic rings. The third-order valence-corrected chi connectivity index (χ3v) is 6.56. The lowest BCUT2D eigenvalue weighted by Crippen LogP contribution is -2.30. The molecule has 0 aliphatic heterocycles. The van der Waals surface area contributed by atoms with E-state index in [2.05, 4.69) is 9.97 Å². The number of hydrogen-bond acceptors (Lipinski definition) is 4. The Labute approximate surface area is 176 Å². The first-order chi connectivity index (χ1) is 14.6. The molecule has 30 heavy (non-hydrogen) atoms. The minimum absolute atomic E-state index is 0.188. The largest absolute Gasteiger partial charge is 0.264 e. The lowest BCUT2D eigenvalue weighted by atomic mass is 10.1. The van der Waals surface area contributed by atoms with Gasteiger partial charge in [-0.2, -0.15) is 4.31 Å². The van der Waals surface area contributed by atoms with Crippen molar-refractivity contribution in [3.63, 3.8) is 0 Å². The summed E-state index contributed by atoms with van der Waals surface area (Å²) >= 11 is 0. The van der Waals surface area contributed by atoms with Crippen LogP contribution >= 0.6 is 0 Å². The molecule has 2 aromatic carbocycles. The van der Waals surface area contributed by atoms with Crippen molar-refractivity contribution in [2.24, 2.45) is 0 Å². The molecule has 4 rings (SSSR count). The van der Waals surface area contributed by atoms with Crippen molar-refractivity contribution >= 4 is 10.0 Å². The van der Waals surface area contributed by atoms with E-state index < -0.39 is 10.0 Å².